The van der Waals surface area contributed by atoms with Gasteiger partial charge in [0.05, 0.1) is 18.0 Å². The maximum Gasteiger partial charge on any atom is 0.416 e. The molecule has 1 aliphatic rings. The largest absolute Gasteiger partial charge is 0.416 e. The van der Waals surface area contributed by atoms with Crippen molar-refractivity contribution in [3.8, 4) is 0 Å². The van der Waals surface area contributed by atoms with E-state index in [0.717, 1.165) is 12.1 Å². The van der Waals surface area contributed by atoms with Crippen LogP contribution in [0.2, 0.25) is 0 Å². The van der Waals surface area contributed by atoms with Gasteiger partial charge >= 0.3 is 6.18 Å². The van der Waals surface area contributed by atoms with E-state index in [1.165, 1.54) is 11.0 Å². The molecule has 1 aromatic heterocycles. The third-order valence-electron chi connectivity index (χ3n) is 4.70. The van der Waals surface area contributed by atoms with Crippen LogP contribution in [0.25, 0.3) is 0 Å². The molecule has 1 aliphatic heterocycles. The van der Waals surface area contributed by atoms with Gasteiger partial charge in [0.2, 0.25) is 11.8 Å². The molecule has 0 aliphatic carbocycles. The smallest absolute Gasteiger partial charge is 0.354 e. The predicted molar refractivity (Wildman–Crippen MR) is 94.8 cm³/mol. The first-order valence-corrected chi connectivity index (χ1v) is 9.02. The summed E-state index contributed by atoms with van der Waals surface area (Å²) >= 11 is 0. The number of likely N-dealkylation sites (tertiary alicyclic amines) is 1. The van der Waals surface area contributed by atoms with Crippen molar-refractivity contribution in [2.24, 2.45) is 5.92 Å². The fraction of sp³-hybridized carbons (Fsp3) is 0.421. The number of halogens is 3. The van der Waals surface area contributed by atoms with E-state index >= 15 is 0 Å². The van der Waals surface area contributed by atoms with Crippen molar-refractivity contribution in [1.82, 2.24) is 20.0 Å². The van der Waals surface area contributed by atoms with Crippen molar-refractivity contribution < 1.29 is 22.8 Å². The molecule has 2 amide bonds. The molecule has 0 saturated carbocycles. The Bertz CT molecular complexity index is 821. The Hall–Kier alpha value is -2.84. The molecule has 150 valence electrons. The number of alkyl halides is 3. The van der Waals surface area contributed by atoms with Crippen LogP contribution >= 0.6 is 0 Å². The molecule has 2 heterocycles. The summed E-state index contributed by atoms with van der Waals surface area (Å²) < 4.78 is 40.3. The monoisotopic (exact) mass is 394 g/mol. The van der Waals surface area contributed by atoms with Crippen LogP contribution in [0, 0.1) is 5.92 Å². The van der Waals surface area contributed by atoms with E-state index < -0.39 is 11.7 Å². The molecule has 1 aromatic carbocycles. The standard InChI is InChI=1S/C19H21F3N4O2/c20-19(21,22)16-4-1-3-14(11-16)12-25-13-15(5-6-17(25)27)18(28)23-8-10-26-9-2-7-24-26/h1-4,7,9,11,15H,5-6,8,10,12-13H2,(H,23,28). The first-order valence-electron chi connectivity index (χ1n) is 9.02. The summed E-state index contributed by atoms with van der Waals surface area (Å²) in [5.74, 6) is -0.687. The van der Waals surface area contributed by atoms with Gasteiger partial charge in [0.25, 0.3) is 0 Å². The van der Waals surface area contributed by atoms with Crippen molar-refractivity contribution in [1.29, 1.82) is 0 Å². The number of rotatable bonds is 6. The lowest BCUT2D eigenvalue weighted by Gasteiger charge is -2.32. The summed E-state index contributed by atoms with van der Waals surface area (Å²) in [7, 11) is 0. The number of nitrogens with zero attached hydrogens (tertiary/aromatic N) is 3. The minimum absolute atomic E-state index is 0.0554. The van der Waals surface area contributed by atoms with E-state index in [0.29, 0.717) is 25.1 Å². The molecule has 0 bridgehead atoms. The highest BCUT2D eigenvalue weighted by Crippen LogP contribution is 2.30. The number of carbonyl (C=O) groups excluding carboxylic acids is 2. The number of piperidine rings is 1. The summed E-state index contributed by atoms with van der Waals surface area (Å²) in [6.45, 7) is 1.21. The summed E-state index contributed by atoms with van der Waals surface area (Å²) in [6.07, 6.45) is -0.344. The van der Waals surface area contributed by atoms with Gasteiger partial charge in [-0.25, -0.2) is 0 Å². The number of benzene rings is 1. The Morgan fingerprint density at radius 2 is 2.11 bits per heavy atom. The molecule has 9 heteroatoms. The van der Waals surface area contributed by atoms with E-state index in [2.05, 4.69) is 10.4 Å². The molecule has 1 N–H and O–H groups in total. The van der Waals surface area contributed by atoms with Crippen LogP contribution in [0.5, 0.6) is 0 Å². The number of hydrogen-bond donors (Lipinski definition) is 1. The van der Waals surface area contributed by atoms with Gasteiger partial charge in [-0.1, -0.05) is 12.1 Å². The van der Waals surface area contributed by atoms with E-state index in [9.17, 15) is 22.8 Å². The SMILES string of the molecule is O=C(NCCn1cccn1)C1CCC(=O)N(Cc2cccc(C(F)(F)F)c2)C1. The number of carbonyl (C=O) groups is 2. The highest BCUT2D eigenvalue weighted by Gasteiger charge is 2.32. The highest BCUT2D eigenvalue weighted by atomic mass is 19.4. The van der Waals surface area contributed by atoms with E-state index in [1.54, 1.807) is 29.2 Å². The Kier molecular flexibility index (Phi) is 6.01. The third kappa shape index (κ3) is 5.11. The molecule has 1 saturated heterocycles. The fourth-order valence-corrected chi connectivity index (χ4v) is 3.22. The van der Waals surface area contributed by atoms with Crippen LogP contribution in [0.3, 0.4) is 0 Å². The maximum atomic E-state index is 12.9. The number of amides is 2. The molecule has 6 nitrogen and oxygen atoms in total. The second-order valence-corrected chi connectivity index (χ2v) is 6.77. The van der Waals surface area contributed by atoms with Gasteiger partial charge in [-0.2, -0.15) is 18.3 Å². The van der Waals surface area contributed by atoms with Crippen LogP contribution in [-0.2, 0) is 28.9 Å². The molecule has 0 spiro atoms. The second-order valence-electron chi connectivity index (χ2n) is 6.77. The summed E-state index contributed by atoms with van der Waals surface area (Å²) in [4.78, 5) is 26.0. The Labute approximate surface area is 160 Å². The Balaban J connectivity index is 1.56. The number of hydrogen-bond acceptors (Lipinski definition) is 3. The lowest BCUT2D eigenvalue weighted by atomic mass is 9.96. The van der Waals surface area contributed by atoms with Crippen LogP contribution in [0.4, 0.5) is 13.2 Å². The maximum absolute atomic E-state index is 12.9. The average molecular weight is 394 g/mol. The number of aromatic nitrogens is 2. The molecule has 28 heavy (non-hydrogen) atoms. The number of nitrogens with one attached hydrogen (secondary N) is 1. The average Bonchev–Trinajstić information content (AvgIpc) is 3.16. The zero-order valence-electron chi connectivity index (χ0n) is 15.2. The van der Waals surface area contributed by atoms with Crippen LogP contribution < -0.4 is 5.32 Å². The zero-order chi connectivity index (χ0) is 20.1. The molecule has 3 rings (SSSR count). The van der Waals surface area contributed by atoms with Crippen molar-refractivity contribution in [2.75, 3.05) is 13.1 Å². The molecule has 1 fully saturated rings. The van der Waals surface area contributed by atoms with Crippen molar-refractivity contribution in [3.63, 3.8) is 0 Å². The van der Waals surface area contributed by atoms with E-state index in [1.807, 2.05) is 0 Å². The van der Waals surface area contributed by atoms with Crippen molar-refractivity contribution >= 4 is 11.8 Å². The normalized spacial score (nSPS) is 17.6. The molecular weight excluding hydrogens is 373 g/mol. The lowest BCUT2D eigenvalue weighted by Crippen LogP contribution is -2.45. The van der Waals surface area contributed by atoms with Crippen molar-refractivity contribution in [2.45, 2.75) is 32.1 Å². The second kappa shape index (κ2) is 8.45. The minimum Gasteiger partial charge on any atom is -0.354 e. The van der Waals surface area contributed by atoms with Crippen LogP contribution in [-0.4, -0.2) is 39.6 Å². The topological polar surface area (TPSA) is 67.2 Å². The lowest BCUT2D eigenvalue weighted by molar-refractivity contribution is -0.139. The molecular formula is C19H21F3N4O2. The summed E-state index contributed by atoms with van der Waals surface area (Å²) in [6, 6.07) is 6.71. The Morgan fingerprint density at radius 3 is 2.82 bits per heavy atom. The highest BCUT2D eigenvalue weighted by molar-refractivity contribution is 5.83. The molecule has 0 radical (unpaired) electrons. The van der Waals surface area contributed by atoms with Gasteiger partial charge in [0.15, 0.2) is 0 Å². The van der Waals surface area contributed by atoms with Gasteiger partial charge in [-0.15, -0.1) is 0 Å². The molecule has 1 unspecified atom stereocenters. The van der Waals surface area contributed by atoms with Gasteiger partial charge in [-0.05, 0) is 30.2 Å². The summed E-state index contributed by atoms with van der Waals surface area (Å²) in [5, 5.41) is 6.88. The quantitative estimate of drug-likeness (QED) is 0.819. The van der Waals surface area contributed by atoms with Crippen LogP contribution in [0.15, 0.2) is 42.7 Å². The minimum atomic E-state index is -4.43. The van der Waals surface area contributed by atoms with Gasteiger partial charge in [0, 0.05) is 38.4 Å². The first-order chi connectivity index (χ1) is 13.3. The van der Waals surface area contributed by atoms with E-state index in [-0.39, 0.29) is 37.2 Å². The Morgan fingerprint density at radius 1 is 1.29 bits per heavy atom. The first kappa shape index (κ1) is 19.9. The molecule has 1 atom stereocenters. The van der Waals surface area contributed by atoms with E-state index in [4.69, 9.17) is 0 Å². The fourth-order valence-electron chi connectivity index (χ4n) is 3.22. The van der Waals surface area contributed by atoms with Crippen molar-refractivity contribution in [3.05, 3.63) is 53.9 Å². The van der Waals surface area contributed by atoms with Gasteiger partial charge in [-0.3, -0.25) is 14.3 Å². The third-order valence-corrected chi connectivity index (χ3v) is 4.70. The molecule has 2 aromatic rings. The zero-order valence-corrected chi connectivity index (χ0v) is 15.2. The predicted octanol–water partition coefficient (Wildman–Crippen LogP) is 2.46. The van der Waals surface area contributed by atoms with Gasteiger partial charge < -0.3 is 10.2 Å². The van der Waals surface area contributed by atoms with Crippen LogP contribution in [0.1, 0.15) is 24.0 Å². The van der Waals surface area contributed by atoms with Gasteiger partial charge in [0.1, 0.15) is 0 Å². The summed E-state index contributed by atoms with van der Waals surface area (Å²) in [5.41, 5.74) is -0.356.